The lowest BCUT2D eigenvalue weighted by molar-refractivity contribution is -0.144. The fourth-order valence-electron chi connectivity index (χ4n) is 4.12. The number of nitrogen functional groups attached to an aromatic ring is 1. The summed E-state index contributed by atoms with van der Waals surface area (Å²) in [4.78, 5) is 12.5. The lowest BCUT2D eigenvalue weighted by atomic mass is 9.84. The SMILES string of the molecule is CNS(=O)(=O)c1cccc(NC2CCCc3c2ccc(CC(=O)OCC(C)COC)c3N)c1. The first-order chi connectivity index (χ1) is 15.7. The molecule has 0 aromatic heterocycles. The van der Waals surface area contributed by atoms with Crippen molar-refractivity contribution in [3.63, 3.8) is 0 Å². The van der Waals surface area contributed by atoms with Crippen LogP contribution in [0.5, 0.6) is 0 Å². The molecule has 0 radical (unpaired) electrons. The molecule has 0 heterocycles. The molecule has 2 aromatic rings. The fraction of sp³-hybridized carbons (Fsp3) is 0.458. The van der Waals surface area contributed by atoms with Crippen LogP contribution >= 0.6 is 0 Å². The molecule has 9 heteroatoms. The molecule has 2 aromatic carbocycles. The van der Waals surface area contributed by atoms with E-state index in [4.69, 9.17) is 15.2 Å². The van der Waals surface area contributed by atoms with Crippen molar-refractivity contribution in [1.82, 2.24) is 4.72 Å². The Kier molecular flexibility index (Phi) is 8.34. The number of hydrogen-bond acceptors (Lipinski definition) is 7. The molecule has 4 N–H and O–H groups in total. The zero-order chi connectivity index (χ0) is 24.0. The molecule has 0 aliphatic heterocycles. The third-order valence-corrected chi connectivity index (χ3v) is 7.26. The van der Waals surface area contributed by atoms with Crippen LogP contribution in [0, 0.1) is 5.92 Å². The minimum atomic E-state index is -3.52. The van der Waals surface area contributed by atoms with Crippen LogP contribution in [0.15, 0.2) is 41.3 Å². The van der Waals surface area contributed by atoms with Crippen LogP contribution in [-0.4, -0.2) is 41.8 Å². The average molecular weight is 476 g/mol. The summed E-state index contributed by atoms with van der Waals surface area (Å²) in [6, 6.07) is 10.6. The standard InChI is InChI=1S/C24H33N3O5S/c1-16(14-31-3)15-32-23(28)12-17-10-11-20-21(24(17)25)8-5-9-22(20)27-18-6-4-7-19(13-18)33(29,30)26-2/h4,6-7,10-11,13,16,22,26-27H,5,8-9,12,14-15,25H2,1-3H3. The quantitative estimate of drug-likeness (QED) is 0.357. The summed E-state index contributed by atoms with van der Waals surface area (Å²) in [7, 11) is -0.508. The van der Waals surface area contributed by atoms with E-state index in [0.717, 1.165) is 41.6 Å². The number of carbonyl (C=O) groups excluding carboxylic acids is 1. The highest BCUT2D eigenvalue weighted by molar-refractivity contribution is 7.89. The van der Waals surface area contributed by atoms with E-state index in [2.05, 4.69) is 10.0 Å². The van der Waals surface area contributed by atoms with Gasteiger partial charge in [0.2, 0.25) is 10.0 Å². The van der Waals surface area contributed by atoms with Gasteiger partial charge in [0.1, 0.15) is 0 Å². The van der Waals surface area contributed by atoms with Gasteiger partial charge in [0, 0.05) is 24.4 Å². The molecule has 3 rings (SSSR count). The normalized spacial score (nSPS) is 16.6. The summed E-state index contributed by atoms with van der Waals surface area (Å²) < 4.78 is 37.0. The van der Waals surface area contributed by atoms with Crippen molar-refractivity contribution in [2.45, 2.75) is 43.5 Å². The van der Waals surface area contributed by atoms with Crippen molar-refractivity contribution in [3.8, 4) is 0 Å². The van der Waals surface area contributed by atoms with E-state index in [9.17, 15) is 13.2 Å². The van der Waals surface area contributed by atoms with Crippen molar-refractivity contribution < 1.29 is 22.7 Å². The van der Waals surface area contributed by atoms with E-state index in [1.165, 1.54) is 7.05 Å². The molecule has 8 nitrogen and oxygen atoms in total. The fourth-order valence-corrected chi connectivity index (χ4v) is 4.90. The minimum Gasteiger partial charge on any atom is -0.465 e. The maximum absolute atomic E-state index is 12.3. The van der Waals surface area contributed by atoms with Gasteiger partial charge >= 0.3 is 5.97 Å². The minimum absolute atomic E-state index is 0.000477. The number of methoxy groups -OCH3 is 1. The van der Waals surface area contributed by atoms with Crippen LogP contribution in [0.25, 0.3) is 0 Å². The molecule has 0 saturated carbocycles. The van der Waals surface area contributed by atoms with Gasteiger partial charge in [-0.25, -0.2) is 13.1 Å². The molecule has 0 spiro atoms. The molecule has 2 atom stereocenters. The van der Waals surface area contributed by atoms with Crippen molar-refractivity contribution in [2.24, 2.45) is 5.92 Å². The van der Waals surface area contributed by atoms with Crippen molar-refractivity contribution in [3.05, 3.63) is 53.1 Å². The highest BCUT2D eigenvalue weighted by atomic mass is 32.2. The third kappa shape index (κ3) is 6.25. The van der Waals surface area contributed by atoms with E-state index >= 15 is 0 Å². The number of nitrogens with two attached hydrogens (primary N) is 1. The number of esters is 1. The molecule has 1 aliphatic carbocycles. The average Bonchev–Trinajstić information content (AvgIpc) is 2.80. The van der Waals surface area contributed by atoms with Gasteiger partial charge in [0.25, 0.3) is 0 Å². The molecule has 0 bridgehead atoms. The Bertz CT molecular complexity index is 1090. The highest BCUT2D eigenvalue weighted by Crippen LogP contribution is 2.37. The Balaban J connectivity index is 1.74. The second-order valence-electron chi connectivity index (χ2n) is 8.45. The van der Waals surface area contributed by atoms with E-state index < -0.39 is 10.0 Å². The first-order valence-corrected chi connectivity index (χ1v) is 12.6. The molecule has 1 aliphatic rings. The second kappa shape index (κ2) is 11.0. The van der Waals surface area contributed by atoms with E-state index in [0.29, 0.717) is 18.9 Å². The number of sulfonamides is 1. The predicted molar refractivity (Wildman–Crippen MR) is 129 cm³/mol. The Morgan fingerprint density at radius 1 is 1.24 bits per heavy atom. The van der Waals surface area contributed by atoms with Gasteiger partial charge in [-0.2, -0.15) is 0 Å². The van der Waals surface area contributed by atoms with Crippen molar-refractivity contribution in [1.29, 1.82) is 0 Å². The molecule has 0 fully saturated rings. The van der Waals surface area contributed by atoms with Crippen LogP contribution in [0.2, 0.25) is 0 Å². The number of anilines is 2. The molecule has 0 saturated heterocycles. The highest BCUT2D eigenvalue weighted by Gasteiger charge is 2.24. The molecular weight excluding hydrogens is 442 g/mol. The first-order valence-electron chi connectivity index (χ1n) is 11.1. The monoisotopic (exact) mass is 475 g/mol. The molecule has 33 heavy (non-hydrogen) atoms. The summed E-state index contributed by atoms with van der Waals surface area (Å²) in [6.07, 6.45) is 2.79. The second-order valence-corrected chi connectivity index (χ2v) is 10.3. The van der Waals surface area contributed by atoms with Crippen molar-refractivity contribution >= 4 is 27.4 Å². The van der Waals surface area contributed by atoms with Crippen LogP contribution in [0.3, 0.4) is 0 Å². The summed E-state index contributed by atoms with van der Waals surface area (Å²) >= 11 is 0. The van der Waals surface area contributed by atoms with E-state index in [1.54, 1.807) is 25.3 Å². The Labute approximate surface area is 195 Å². The Morgan fingerprint density at radius 3 is 2.76 bits per heavy atom. The van der Waals surface area contributed by atoms with Gasteiger partial charge in [0.15, 0.2) is 0 Å². The van der Waals surface area contributed by atoms with E-state index in [1.807, 2.05) is 25.1 Å². The van der Waals surface area contributed by atoms with Crippen LogP contribution in [0.1, 0.15) is 42.5 Å². The summed E-state index contributed by atoms with van der Waals surface area (Å²) in [5.41, 5.74) is 10.7. The van der Waals surface area contributed by atoms with Gasteiger partial charge in [-0.3, -0.25) is 4.79 Å². The number of hydrogen-bond donors (Lipinski definition) is 3. The predicted octanol–water partition coefficient (Wildman–Crippen LogP) is 3.03. The zero-order valence-corrected chi connectivity index (χ0v) is 20.2. The van der Waals surface area contributed by atoms with Crippen LogP contribution < -0.4 is 15.8 Å². The largest absolute Gasteiger partial charge is 0.465 e. The molecule has 2 unspecified atom stereocenters. The topological polar surface area (TPSA) is 120 Å². The third-order valence-electron chi connectivity index (χ3n) is 5.85. The lowest BCUT2D eigenvalue weighted by Crippen LogP contribution is -2.21. The van der Waals surface area contributed by atoms with Crippen LogP contribution in [-0.2, 0) is 37.1 Å². The number of fused-ring (bicyclic) bond motifs is 1. The number of benzene rings is 2. The van der Waals surface area contributed by atoms with Crippen molar-refractivity contribution in [2.75, 3.05) is 38.4 Å². The first kappa shape index (κ1) is 25.0. The Morgan fingerprint density at radius 2 is 2.03 bits per heavy atom. The Hall–Kier alpha value is -2.62. The maximum Gasteiger partial charge on any atom is 0.310 e. The number of ether oxygens (including phenoxy) is 2. The smallest absolute Gasteiger partial charge is 0.310 e. The zero-order valence-electron chi connectivity index (χ0n) is 19.4. The summed E-state index contributed by atoms with van der Waals surface area (Å²) in [5.74, 6) is -0.175. The van der Waals surface area contributed by atoms with E-state index in [-0.39, 0.29) is 29.2 Å². The van der Waals surface area contributed by atoms with Gasteiger partial charge in [-0.15, -0.1) is 0 Å². The van der Waals surface area contributed by atoms with Gasteiger partial charge < -0.3 is 20.5 Å². The summed E-state index contributed by atoms with van der Waals surface area (Å²) in [5, 5.41) is 3.45. The summed E-state index contributed by atoms with van der Waals surface area (Å²) in [6.45, 7) is 2.80. The van der Waals surface area contributed by atoms with Gasteiger partial charge in [0.05, 0.1) is 30.6 Å². The van der Waals surface area contributed by atoms with Gasteiger partial charge in [-0.1, -0.05) is 25.1 Å². The molecule has 0 amide bonds. The van der Waals surface area contributed by atoms with Crippen LogP contribution in [0.4, 0.5) is 11.4 Å². The molecular formula is C24H33N3O5S. The number of rotatable bonds is 10. The lowest BCUT2D eigenvalue weighted by Gasteiger charge is -2.29. The van der Waals surface area contributed by atoms with Gasteiger partial charge in [-0.05, 0) is 61.2 Å². The molecule has 180 valence electrons. The number of carbonyl (C=O) groups is 1. The maximum atomic E-state index is 12.3. The number of nitrogens with one attached hydrogen (secondary N) is 2.